The van der Waals surface area contributed by atoms with Gasteiger partial charge in [-0.15, -0.1) is 0 Å². The Hall–Kier alpha value is -2.64. The van der Waals surface area contributed by atoms with Crippen LogP contribution < -0.4 is 5.32 Å². The number of hydrogen-bond donors (Lipinski definition) is 1. The van der Waals surface area contributed by atoms with Gasteiger partial charge in [-0.05, 0) is 36.8 Å². The number of aryl methyl sites for hydroxylation is 1. The first-order chi connectivity index (χ1) is 10.5. The molecule has 0 aliphatic carbocycles. The van der Waals surface area contributed by atoms with Crippen molar-refractivity contribution in [1.82, 2.24) is 0 Å². The van der Waals surface area contributed by atoms with E-state index in [1.54, 1.807) is 18.2 Å². The van der Waals surface area contributed by atoms with Gasteiger partial charge in [0.25, 0.3) is 5.91 Å². The molecule has 0 heterocycles. The maximum absolute atomic E-state index is 13.7. The lowest BCUT2D eigenvalue weighted by molar-refractivity contribution is -0.112. The zero-order chi connectivity index (χ0) is 16.1. The molecule has 3 nitrogen and oxygen atoms in total. The molecule has 0 spiro atoms. The van der Waals surface area contributed by atoms with Crippen LogP contribution in [0.15, 0.2) is 48.0 Å². The highest BCUT2D eigenvalue weighted by molar-refractivity contribution is 6.32. The summed E-state index contributed by atoms with van der Waals surface area (Å²) in [5.41, 5.74) is 1.24. The highest BCUT2D eigenvalue weighted by Crippen LogP contribution is 2.22. The molecule has 0 fully saturated rings. The summed E-state index contributed by atoms with van der Waals surface area (Å²) >= 11 is 5.89. The number of para-hydroxylation sites is 1. The molecule has 1 amide bonds. The van der Waals surface area contributed by atoms with E-state index in [9.17, 15) is 9.18 Å². The van der Waals surface area contributed by atoms with Crippen LogP contribution in [0.3, 0.4) is 0 Å². The zero-order valence-electron chi connectivity index (χ0n) is 11.7. The highest BCUT2D eigenvalue weighted by atomic mass is 35.5. The summed E-state index contributed by atoms with van der Waals surface area (Å²) in [4.78, 5) is 12.2. The Morgan fingerprint density at radius 2 is 2.00 bits per heavy atom. The van der Waals surface area contributed by atoms with E-state index in [0.29, 0.717) is 5.69 Å². The topological polar surface area (TPSA) is 52.9 Å². The van der Waals surface area contributed by atoms with Crippen molar-refractivity contribution < 1.29 is 9.18 Å². The van der Waals surface area contributed by atoms with E-state index in [0.717, 1.165) is 11.6 Å². The van der Waals surface area contributed by atoms with Gasteiger partial charge in [0.15, 0.2) is 0 Å². The number of amides is 1. The average molecular weight is 315 g/mol. The smallest absolute Gasteiger partial charge is 0.266 e. The van der Waals surface area contributed by atoms with Gasteiger partial charge < -0.3 is 5.32 Å². The van der Waals surface area contributed by atoms with Crippen molar-refractivity contribution in [2.24, 2.45) is 0 Å². The minimum Gasteiger partial charge on any atom is -0.321 e. The van der Waals surface area contributed by atoms with E-state index in [1.807, 2.05) is 19.1 Å². The molecule has 2 aromatic carbocycles. The molecule has 2 rings (SSSR count). The molecule has 2 aromatic rings. The van der Waals surface area contributed by atoms with Crippen LogP contribution >= 0.6 is 11.6 Å². The van der Waals surface area contributed by atoms with Crippen LogP contribution in [0, 0.1) is 24.1 Å². The van der Waals surface area contributed by atoms with Gasteiger partial charge >= 0.3 is 0 Å². The number of benzene rings is 2. The van der Waals surface area contributed by atoms with E-state index in [4.69, 9.17) is 16.9 Å². The molecule has 0 radical (unpaired) electrons. The maximum Gasteiger partial charge on any atom is 0.266 e. The van der Waals surface area contributed by atoms with Crippen LogP contribution in [-0.2, 0) is 4.79 Å². The summed E-state index contributed by atoms with van der Waals surface area (Å²) in [6.45, 7) is 1.83. The first-order valence-electron chi connectivity index (χ1n) is 6.45. The van der Waals surface area contributed by atoms with E-state index in [-0.39, 0.29) is 16.2 Å². The van der Waals surface area contributed by atoms with Crippen LogP contribution in [-0.4, -0.2) is 5.91 Å². The van der Waals surface area contributed by atoms with E-state index in [2.05, 4.69) is 5.32 Å². The van der Waals surface area contributed by atoms with Crippen molar-refractivity contribution in [1.29, 1.82) is 5.26 Å². The predicted molar refractivity (Wildman–Crippen MR) is 84.8 cm³/mol. The molecular weight excluding hydrogens is 303 g/mol. The lowest BCUT2D eigenvalue weighted by Crippen LogP contribution is -2.14. The minimum atomic E-state index is -0.615. The number of nitrogens with zero attached hydrogens (tertiary/aromatic N) is 1. The van der Waals surface area contributed by atoms with Crippen molar-refractivity contribution >= 4 is 29.3 Å². The van der Waals surface area contributed by atoms with Crippen molar-refractivity contribution in [3.8, 4) is 6.07 Å². The second kappa shape index (κ2) is 6.88. The predicted octanol–water partition coefficient (Wildman–Crippen LogP) is 4.33. The Bertz CT molecular complexity index is 773. The Kier molecular flexibility index (Phi) is 4.92. The molecule has 0 saturated carbocycles. The molecule has 110 valence electrons. The number of carbonyl (C=O) groups excluding carboxylic acids is 1. The Labute approximate surface area is 132 Å². The molecule has 0 aliphatic rings. The Morgan fingerprint density at radius 3 is 2.64 bits per heavy atom. The number of nitriles is 1. The van der Waals surface area contributed by atoms with Gasteiger partial charge in [-0.25, -0.2) is 4.39 Å². The van der Waals surface area contributed by atoms with Crippen molar-refractivity contribution in [2.75, 3.05) is 5.32 Å². The fourth-order valence-corrected chi connectivity index (χ4v) is 2.06. The zero-order valence-corrected chi connectivity index (χ0v) is 12.5. The van der Waals surface area contributed by atoms with Crippen LogP contribution in [0.4, 0.5) is 10.1 Å². The number of anilines is 1. The third-order valence-corrected chi connectivity index (χ3v) is 3.38. The summed E-state index contributed by atoms with van der Waals surface area (Å²) in [7, 11) is 0. The minimum absolute atomic E-state index is 0.0145. The monoisotopic (exact) mass is 314 g/mol. The summed E-state index contributed by atoms with van der Waals surface area (Å²) in [6, 6.07) is 13.1. The first-order valence-corrected chi connectivity index (χ1v) is 6.83. The largest absolute Gasteiger partial charge is 0.321 e. The SMILES string of the molecule is Cc1ccccc1NC(=O)/C(C#N)=C\c1c(F)cccc1Cl. The van der Waals surface area contributed by atoms with Crippen molar-refractivity contribution in [3.05, 3.63) is 70.0 Å². The Morgan fingerprint density at radius 1 is 1.27 bits per heavy atom. The number of nitrogens with one attached hydrogen (secondary N) is 1. The van der Waals surface area contributed by atoms with Crippen LogP contribution in [0.5, 0.6) is 0 Å². The molecule has 0 saturated heterocycles. The van der Waals surface area contributed by atoms with E-state index >= 15 is 0 Å². The quantitative estimate of drug-likeness (QED) is 0.677. The summed E-state index contributed by atoms with van der Waals surface area (Å²) in [5, 5.41) is 11.9. The summed E-state index contributed by atoms with van der Waals surface area (Å²) < 4.78 is 13.7. The van der Waals surface area contributed by atoms with E-state index < -0.39 is 11.7 Å². The lowest BCUT2D eigenvalue weighted by atomic mass is 10.1. The second-order valence-corrected chi connectivity index (χ2v) is 4.98. The third kappa shape index (κ3) is 3.51. The normalized spacial score (nSPS) is 10.9. The van der Waals surface area contributed by atoms with Gasteiger partial charge in [0.1, 0.15) is 17.5 Å². The van der Waals surface area contributed by atoms with Gasteiger partial charge in [0, 0.05) is 11.3 Å². The van der Waals surface area contributed by atoms with Gasteiger partial charge in [-0.1, -0.05) is 35.9 Å². The standard InChI is InChI=1S/C17H12ClFN2O/c1-11-5-2-3-8-16(11)21-17(22)12(10-20)9-13-14(18)6-4-7-15(13)19/h2-9H,1H3,(H,21,22)/b12-9-. The molecule has 22 heavy (non-hydrogen) atoms. The van der Waals surface area contributed by atoms with Crippen molar-refractivity contribution in [3.63, 3.8) is 0 Å². The third-order valence-electron chi connectivity index (χ3n) is 3.05. The fourth-order valence-electron chi connectivity index (χ4n) is 1.84. The van der Waals surface area contributed by atoms with Crippen LogP contribution in [0.25, 0.3) is 6.08 Å². The van der Waals surface area contributed by atoms with Gasteiger partial charge in [0.05, 0.1) is 5.02 Å². The van der Waals surface area contributed by atoms with Crippen LogP contribution in [0.1, 0.15) is 11.1 Å². The van der Waals surface area contributed by atoms with Gasteiger partial charge in [0.2, 0.25) is 0 Å². The Balaban J connectivity index is 2.33. The van der Waals surface area contributed by atoms with Gasteiger partial charge in [-0.3, -0.25) is 4.79 Å². The fraction of sp³-hybridized carbons (Fsp3) is 0.0588. The average Bonchev–Trinajstić information content (AvgIpc) is 2.49. The molecule has 0 aromatic heterocycles. The number of rotatable bonds is 3. The lowest BCUT2D eigenvalue weighted by Gasteiger charge is -2.07. The molecule has 0 atom stereocenters. The molecular formula is C17H12ClFN2O. The molecule has 5 heteroatoms. The number of halogens is 2. The van der Waals surface area contributed by atoms with Crippen molar-refractivity contribution in [2.45, 2.75) is 6.92 Å². The second-order valence-electron chi connectivity index (χ2n) is 4.57. The molecule has 1 N–H and O–H groups in total. The summed E-state index contributed by atoms with van der Waals surface area (Å²) in [6.07, 6.45) is 1.14. The highest BCUT2D eigenvalue weighted by Gasteiger charge is 2.13. The first kappa shape index (κ1) is 15.7. The number of hydrogen-bond acceptors (Lipinski definition) is 2. The summed E-state index contributed by atoms with van der Waals surface area (Å²) in [5.74, 6) is -1.21. The maximum atomic E-state index is 13.7. The number of carbonyl (C=O) groups is 1. The van der Waals surface area contributed by atoms with Crippen LogP contribution in [0.2, 0.25) is 5.02 Å². The molecule has 0 aliphatic heterocycles. The molecule has 0 unspecified atom stereocenters. The van der Waals surface area contributed by atoms with Gasteiger partial charge in [-0.2, -0.15) is 5.26 Å². The van der Waals surface area contributed by atoms with E-state index in [1.165, 1.54) is 18.2 Å². The molecule has 0 bridgehead atoms.